The third-order valence-corrected chi connectivity index (χ3v) is 19.0. The van der Waals surface area contributed by atoms with Crippen molar-refractivity contribution in [3.8, 4) is 17.2 Å². The predicted octanol–water partition coefficient (Wildman–Crippen LogP) is 7.12. The second-order valence-corrected chi connectivity index (χ2v) is 25.9. The molecule has 9 aliphatic heterocycles. The average molecular weight is 1390 g/mol. The number of nitrogens with one attached hydrogen (secondary N) is 3. The highest BCUT2D eigenvalue weighted by molar-refractivity contribution is 6.04. The van der Waals surface area contributed by atoms with Crippen LogP contribution in [0.4, 0.5) is 0 Å². The van der Waals surface area contributed by atoms with Gasteiger partial charge in [-0.2, -0.15) is 0 Å². The van der Waals surface area contributed by atoms with Crippen LogP contribution in [0.25, 0.3) is 0 Å². The normalized spacial score (nSPS) is 21.2. The molecule has 0 bridgehead atoms. The summed E-state index contributed by atoms with van der Waals surface area (Å²) in [4.78, 5) is 122. The van der Waals surface area contributed by atoms with Crippen LogP contribution in [-0.4, -0.2) is 160 Å². The Bertz CT molecular complexity index is 4550. The van der Waals surface area contributed by atoms with Crippen LogP contribution in [0.2, 0.25) is 0 Å². The number of ether oxygens (including phenoxy) is 6. The van der Waals surface area contributed by atoms with E-state index in [-0.39, 0.29) is 162 Å². The van der Waals surface area contributed by atoms with Crippen molar-refractivity contribution in [3.63, 3.8) is 0 Å². The Balaban J connectivity index is 0.000000143. The van der Waals surface area contributed by atoms with Gasteiger partial charge < -0.3 is 73.8 Å². The maximum atomic E-state index is 13.1. The molecule has 0 radical (unpaired) electrons. The zero-order valence-corrected chi connectivity index (χ0v) is 56.3. The molecule has 3 atom stereocenters. The van der Waals surface area contributed by atoms with Gasteiger partial charge in [0.1, 0.15) is 75.0 Å². The molecule has 9 amide bonds. The third kappa shape index (κ3) is 15.9. The zero-order chi connectivity index (χ0) is 76.2. The maximum absolute atomic E-state index is 13.1. The maximum Gasteiger partial charge on any atom is 0.255 e. The highest BCUT2D eigenvalue weighted by Gasteiger charge is 2.43. The van der Waals surface area contributed by atoms with E-state index < -0.39 is 18.1 Å². The molecule has 24 nitrogen and oxygen atoms in total. The smallest absolute Gasteiger partial charge is 0.255 e. The van der Waals surface area contributed by atoms with E-state index in [4.69, 9.17) is 36.6 Å². The van der Waals surface area contributed by atoms with Crippen molar-refractivity contribution in [2.75, 3.05) is 59.3 Å². The van der Waals surface area contributed by atoms with Gasteiger partial charge in [0.15, 0.2) is 0 Å². The Hall–Kier alpha value is -11.0. The number of allylic oxidation sites excluding steroid dienone is 3. The SMILES string of the molecule is [2H]c1c(COc2cccc3c2CN(C2CCC(=C)NC2=O)C3=O)ccc(CN2CCOCC2=O)c1[2H].[2H]c1cc(CN2CCOCC2=O)c([2H])cc1COc1cccc2c1CN(C1CCC(=C)NC1=O)C2=O.[2H]c1cc(CN2CCOCC2=O)cc([2H])c1COc1cccc2c1CN(C1CCC(=C)NC1=O)C2=O. The Morgan fingerprint density at radius 3 is 1.10 bits per heavy atom. The van der Waals surface area contributed by atoms with E-state index in [1.807, 2.05) is 0 Å². The number of rotatable bonds is 18. The van der Waals surface area contributed by atoms with E-state index in [9.17, 15) is 43.2 Å². The van der Waals surface area contributed by atoms with Crippen LogP contribution < -0.4 is 30.2 Å². The third-order valence-electron chi connectivity index (χ3n) is 19.0. The topological polar surface area (TPSA) is 265 Å². The molecule has 0 spiro atoms. The van der Waals surface area contributed by atoms with Gasteiger partial charge in [-0.1, -0.05) is 111 Å². The second-order valence-electron chi connectivity index (χ2n) is 25.9. The number of benzene rings is 6. The van der Waals surface area contributed by atoms with Gasteiger partial charge in [0, 0.05) is 89.7 Å². The molecule has 528 valence electrons. The number of piperidine rings is 3. The lowest BCUT2D eigenvalue weighted by atomic mass is 10.0. The van der Waals surface area contributed by atoms with Crippen LogP contribution in [0.15, 0.2) is 164 Å². The summed E-state index contributed by atoms with van der Waals surface area (Å²) in [6.07, 6.45) is 3.44. The number of hydrogen-bond acceptors (Lipinski definition) is 15. The molecule has 6 fully saturated rings. The van der Waals surface area contributed by atoms with Crippen molar-refractivity contribution in [1.29, 1.82) is 0 Å². The van der Waals surface area contributed by atoms with Gasteiger partial charge in [0.2, 0.25) is 35.4 Å². The van der Waals surface area contributed by atoms with Crippen LogP contribution in [0, 0.1) is 0 Å². The molecule has 9 aliphatic rings. The first-order chi connectivity index (χ1) is 52.0. The molecule has 102 heavy (non-hydrogen) atoms. The Morgan fingerprint density at radius 1 is 0.392 bits per heavy atom. The van der Waals surface area contributed by atoms with Gasteiger partial charge in [-0.3, -0.25) is 43.2 Å². The summed E-state index contributed by atoms with van der Waals surface area (Å²) in [6.45, 7) is 16.0. The molecule has 9 heterocycles. The lowest BCUT2D eigenvalue weighted by Crippen LogP contribution is -2.49. The molecule has 0 saturated carbocycles. The van der Waals surface area contributed by atoms with Crippen molar-refractivity contribution < 1.29 is 79.8 Å². The van der Waals surface area contributed by atoms with Crippen molar-refractivity contribution in [3.05, 3.63) is 231 Å². The van der Waals surface area contributed by atoms with Crippen molar-refractivity contribution >= 4 is 53.2 Å². The van der Waals surface area contributed by atoms with Crippen LogP contribution in [0.5, 0.6) is 17.2 Å². The number of carbonyl (C=O) groups is 9. The average Bonchev–Trinajstić information content (AvgIpc) is 1.63. The first-order valence-electron chi connectivity index (χ1n) is 36.9. The quantitative estimate of drug-likeness (QED) is 0.0774. The fourth-order valence-corrected chi connectivity index (χ4v) is 13.4. The monoisotopic (exact) mass is 1390 g/mol. The summed E-state index contributed by atoms with van der Waals surface area (Å²) in [5, 5.41) is 8.20. The molecule has 6 aromatic rings. The molecule has 24 heteroatoms. The molecule has 3 N–H and O–H groups in total. The predicted molar refractivity (Wildman–Crippen MR) is 371 cm³/mol. The summed E-state index contributed by atoms with van der Waals surface area (Å²) >= 11 is 0. The van der Waals surface area contributed by atoms with Crippen LogP contribution >= 0.6 is 0 Å². The van der Waals surface area contributed by atoms with Gasteiger partial charge in [0.25, 0.3) is 17.7 Å². The van der Waals surface area contributed by atoms with Crippen LogP contribution in [0.3, 0.4) is 0 Å². The molecule has 3 unspecified atom stereocenters. The van der Waals surface area contributed by atoms with Crippen molar-refractivity contribution in [2.45, 2.75) is 116 Å². The van der Waals surface area contributed by atoms with Crippen molar-refractivity contribution in [1.82, 2.24) is 45.3 Å². The summed E-state index contributed by atoms with van der Waals surface area (Å²) in [7, 11) is 0. The number of carbonyl (C=O) groups excluding carboxylic acids is 9. The lowest BCUT2D eigenvalue weighted by molar-refractivity contribution is -0.144. The largest absolute Gasteiger partial charge is 0.489 e. The van der Waals surface area contributed by atoms with Crippen LogP contribution in [-0.2, 0) is 102 Å². The van der Waals surface area contributed by atoms with Gasteiger partial charge in [-0.25, -0.2) is 0 Å². The second kappa shape index (κ2) is 31.3. The number of hydrogen-bond donors (Lipinski definition) is 3. The molecular weight excluding hydrogens is 1300 g/mol. The Labute approximate surface area is 599 Å². The highest BCUT2D eigenvalue weighted by Crippen LogP contribution is 2.38. The van der Waals surface area contributed by atoms with E-state index in [1.54, 1.807) is 120 Å². The minimum Gasteiger partial charge on any atom is -0.489 e. The lowest BCUT2D eigenvalue weighted by Gasteiger charge is -2.31. The van der Waals surface area contributed by atoms with Gasteiger partial charge >= 0.3 is 0 Å². The number of morpholine rings is 3. The first kappa shape index (κ1) is 62.1. The minimum atomic E-state index is -0.561. The standard InChI is InChI=1S/3C26H27N3O5/c3*1-17-5-10-22(25(31)27-17)29-14-21-20(26(29)32)3-2-4-23(21)34-15-19-8-6-18(7-9-19)13-28-11-12-33-16-24(28)30/h3*2-4,6-9,22H,1,5,10-16H2,(H,27,31)/i8D,9D;6D,9D;6D,8D. The van der Waals surface area contributed by atoms with Gasteiger partial charge in [-0.05, 0) is 108 Å². The van der Waals surface area contributed by atoms with E-state index in [0.717, 1.165) is 0 Å². The highest BCUT2D eigenvalue weighted by atomic mass is 16.5. The van der Waals surface area contributed by atoms with E-state index in [0.29, 0.717) is 186 Å². The molecule has 15 rings (SSSR count). The zero-order valence-electron chi connectivity index (χ0n) is 62.3. The van der Waals surface area contributed by atoms with E-state index >= 15 is 0 Å². The number of nitrogens with zero attached hydrogens (tertiary/aromatic N) is 6. The molecular formula is C78H81N9O15. The number of amides is 9. The minimum absolute atomic E-state index is 0.0111. The number of fused-ring (bicyclic) bond motifs is 3. The van der Waals surface area contributed by atoms with Gasteiger partial charge in [-0.15, -0.1) is 0 Å². The summed E-state index contributed by atoms with van der Waals surface area (Å²) in [5.74, 6) is -0.163. The Morgan fingerprint density at radius 2 is 0.706 bits per heavy atom. The summed E-state index contributed by atoms with van der Waals surface area (Å²) < 4.78 is 84.1. The molecule has 6 saturated heterocycles. The molecule has 0 aromatic heterocycles. The first-order valence-corrected chi connectivity index (χ1v) is 33.9. The van der Waals surface area contributed by atoms with Gasteiger partial charge in [0.05, 0.1) is 47.7 Å². The van der Waals surface area contributed by atoms with Crippen LogP contribution in [0.1, 0.15) is 128 Å². The van der Waals surface area contributed by atoms with E-state index in [2.05, 4.69) is 35.7 Å². The van der Waals surface area contributed by atoms with Crippen molar-refractivity contribution in [2.24, 2.45) is 0 Å². The fraction of sp³-hybridized carbons (Fsp3) is 0.346. The Kier molecular flexibility index (Phi) is 19.1. The molecule has 6 aromatic carbocycles. The molecule has 0 aliphatic carbocycles. The summed E-state index contributed by atoms with van der Waals surface area (Å²) in [5.41, 5.74) is 8.95. The summed E-state index contributed by atoms with van der Waals surface area (Å²) in [6, 6.07) is 24.8. The van der Waals surface area contributed by atoms with E-state index in [1.165, 1.54) is 0 Å². The fourth-order valence-electron chi connectivity index (χ4n) is 13.4.